The number of hydrogen-bond acceptors (Lipinski definition) is 2. The molecule has 0 aromatic heterocycles. The van der Waals surface area contributed by atoms with Crippen LogP contribution in [0.25, 0.3) is 0 Å². The molecule has 2 N–H and O–H groups in total. The van der Waals surface area contributed by atoms with Gasteiger partial charge in [-0.15, -0.1) is 0 Å². The minimum absolute atomic E-state index is 0.289. The summed E-state index contributed by atoms with van der Waals surface area (Å²) in [7, 11) is 0. The van der Waals surface area contributed by atoms with Crippen LogP contribution in [0.4, 0.5) is 0 Å². The van der Waals surface area contributed by atoms with E-state index in [2.05, 4.69) is 5.32 Å². The van der Waals surface area contributed by atoms with E-state index in [1.165, 1.54) is 6.92 Å². The van der Waals surface area contributed by atoms with Crippen LogP contribution >= 0.6 is 11.6 Å². The Labute approximate surface area is 80.3 Å². The van der Waals surface area contributed by atoms with Gasteiger partial charge < -0.3 is 10.4 Å². The molecular formula is C9H8ClNO2. The minimum atomic E-state index is -1.27. The van der Waals surface area contributed by atoms with Crippen LogP contribution < -0.4 is 5.32 Å². The van der Waals surface area contributed by atoms with E-state index >= 15 is 0 Å². The first kappa shape index (κ1) is 8.53. The fourth-order valence-corrected chi connectivity index (χ4v) is 1.66. The van der Waals surface area contributed by atoms with Gasteiger partial charge in [-0.2, -0.15) is 0 Å². The molecule has 1 aromatic rings. The van der Waals surface area contributed by atoms with Gasteiger partial charge in [0.15, 0.2) is 5.72 Å². The second-order valence-corrected chi connectivity index (χ2v) is 3.65. The van der Waals surface area contributed by atoms with Crippen molar-refractivity contribution in [3.05, 3.63) is 34.3 Å². The fraction of sp³-hybridized carbons (Fsp3) is 0.222. The molecule has 13 heavy (non-hydrogen) atoms. The number of aliphatic hydroxyl groups is 1. The maximum absolute atomic E-state index is 11.3. The largest absolute Gasteiger partial charge is 0.367 e. The number of benzene rings is 1. The van der Waals surface area contributed by atoms with Crippen LogP contribution in [-0.4, -0.2) is 11.0 Å². The van der Waals surface area contributed by atoms with Gasteiger partial charge in [-0.3, -0.25) is 4.79 Å². The zero-order chi connectivity index (χ0) is 9.64. The van der Waals surface area contributed by atoms with E-state index in [1.807, 2.05) is 0 Å². The van der Waals surface area contributed by atoms with Crippen LogP contribution in [0.2, 0.25) is 5.02 Å². The summed E-state index contributed by atoms with van der Waals surface area (Å²) in [4.78, 5) is 11.3. The third-order valence-corrected chi connectivity index (χ3v) is 2.34. The topological polar surface area (TPSA) is 49.3 Å². The molecular weight excluding hydrogens is 190 g/mol. The van der Waals surface area contributed by atoms with E-state index in [9.17, 15) is 9.90 Å². The first-order valence-corrected chi connectivity index (χ1v) is 4.23. The number of hydrogen-bond donors (Lipinski definition) is 2. The molecule has 1 amide bonds. The second-order valence-electron chi connectivity index (χ2n) is 3.22. The van der Waals surface area contributed by atoms with Crippen molar-refractivity contribution >= 4 is 17.5 Å². The first-order chi connectivity index (χ1) is 6.00. The number of carbonyl (C=O) groups is 1. The van der Waals surface area contributed by atoms with E-state index in [4.69, 9.17) is 11.6 Å². The van der Waals surface area contributed by atoms with Crippen LogP contribution in [0.5, 0.6) is 0 Å². The molecule has 1 atom stereocenters. The van der Waals surface area contributed by atoms with Crippen molar-refractivity contribution in [2.75, 3.05) is 0 Å². The zero-order valence-corrected chi connectivity index (χ0v) is 7.72. The number of fused-ring (bicyclic) bond motifs is 1. The van der Waals surface area contributed by atoms with Crippen LogP contribution in [0.15, 0.2) is 18.2 Å². The lowest BCUT2D eigenvalue weighted by Crippen LogP contribution is -2.35. The SMILES string of the molecule is CC1(O)NC(=O)c2cc(Cl)ccc21. The fourth-order valence-electron chi connectivity index (χ4n) is 1.48. The van der Waals surface area contributed by atoms with Crippen molar-refractivity contribution in [1.29, 1.82) is 0 Å². The number of carbonyl (C=O) groups excluding carboxylic acids is 1. The van der Waals surface area contributed by atoms with Gasteiger partial charge in [0.2, 0.25) is 0 Å². The van der Waals surface area contributed by atoms with Gasteiger partial charge in [0.05, 0.1) is 0 Å². The molecule has 4 heteroatoms. The van der Waals surface area contributed by atoms with Crippen LogP contribution in [0.1, 0.15) is 22.8 Å². The van der Waals surface area contributed by atoms with Crippen molar-refractivity contribution in [3.8, 4) is 0 Å². The highest BCUT2D eigenvalue weighted by Crippen LogP contribution is 2.30. The highest BCUT2D eigenvalue weighted by atomic mass is 35.5. The molecule has 1 aliphatic rings. The monoisotopic (exact) mass is 197 g/mol. The van der Waals surface area contributed by atoms with Gasteiger partial charge in [0.25, 0.3) is 5.91 Å². The Bertz CT molecular complexity index is 387. The Morgan fingerprint density at radius 1 is 1.54 bits per heavy atom. The van der Waals surface area contributed by atoms with Crippen molar-refractivity contribution in [2.45, 2.75) is 12.6 Å². The van der Waals surface area contributed by atoms with Crippen molar-refractivity contribution in [3.63, 3.8) is 0 Å². The average molecular weight is 198 g/mol. The smallest absolute Gasteiger partial charge is 0.254 e. The second kappa shape index (κ2) is 2.47. The highest BCUT2D eigenvalue weighted by Gasteiger charge is 2.36. The summed E-state index contributed by atoms with van der Waals surface area (Å²) in [6.45, 7) is 1.53. The summed E-state index contributed by atoms with van der Waals surface area (Å²) in [5.41, 5.74) is -0.254. The van der Waals surface area contributed by atoms with E-state index < -0.39 is 5.72 Å². The van der Waals surface area contributed by atoms with Crippen molar-refractivity contribution in [2.24, 2.45) is 0 Å². The summed E-state index contributed by atoms with van der Waals surface area (Å²) in [5, 5.41) is 12.7. The number of halogens is 1. The molecule has 0 aliphatic carbocycles. The lowest BCUT2D eigenvalue weighted by Gasteiger charge is -2.16. The Morgan fingerprint density at radius 3 is 2.92 bits per heavy atom. The van der Waals surface area contributed by atoms with Crippen LogP contribution in [0, 0.1) is 0 Å². The van der Waals surface area contributed by atoms with Gasteiger partial charge in [0, 0.05) is 16.1 Å². The quantitative estimate of drug-likeness (QED) is 0.658. The van der Waals surface area contributed by atoms with Crippen LogP contribution in [0.3, 0.4) is 0 Å². The molecule has 1 aliphatic heterocycles. The Morgan fingerprint density at radius 2 is 2.23 bits per heavy atom. The normalized spacial score (nSPS) is 25.6. The van der Waals surface area contributed by atoms with E-state index in [0.29, 0.717) is 16.1 Å². The predicted octanol–water partition coefficient (Wildman–Crippen LogP) is 1.25. The lowest BCUT2D eigenvalue weighted by molar-refractivity contribution is 0.0302. The van der Waals surface area contributed by atoms with Crippen LogP contribution in [-0.2, 0) is 5.72 Å². The molecule has 1 aromatic carbocycles. The molecule has 0 saturated heterocycles. The molecule has 0 spiro atoms. The first-order valence-electron chi connectivity index (χ1n) is 3.85. The zero-order valence-electron chi connectivity index (χ0n) is 6.97. The summed E-state index contributed by atoms with van der Waals surface area (Å²) in [6.07, 6.45) is 0. The molecule has 68 valence electrons. The maximum Gasteiger partial charge on any atom is 0.254 e. The third kappa shape index (κ3) is 1.20. The number of rotatable bonds is 0. The molecule has 0 bridgehead atoms. The van der Waals surface area contributed by atoms with Gasteiger partial charge in [0.1, 0.15) is 0 Å². The van der Waals surface area contributed by atoms with Crippen molar-refractivity contribution < 1.29 is 9.90 Å². The predicted molar refractivity (Wildman–Crippen MR) is 48.5 cm³/mol. The van der Waals surface area contributed by atoms with E-state index in [0.717, 1.165) is 0 Å². The molecule has 0 saturated carbocycles. The standard InChI is InChI=1S/C9H8ClNO2/c1-9(13)7-3-2-5(10)4-6(7)8(12)11-9/h2-4,13H,1H3,(H,11,12). The van der Waals surface area contributed by atoms with Gasteiger partial charge in [-0.25, -0.2) is 0 Å². The van der Waals surface area contributed by atoms with E-state index in [-0.39, 0.29) is 5.91 Å². The number of nitrogens with one attached hydrogen (secondary N) is 1. The van der Waals surface area contributed by atoms with Crippen molar-refractivity contribution in [1.82, 2.24) is 5.32 Å². The van der Waals surface area contributed by atoms with Gasteiger partial charge in [-0.05, 0) is 19.1 Å². The lowest BCUT2D eigenvalue weighted by atomic mass is 10.0. The Kier molecular flexibility index (Phi) is 1.62. The maximum atomic E-state index is 11.3. The molecule has 1 unspecified atom stereocenters. The highest BCUT2D eigenvalue weighted by molar-refractivity contribution is 6.31. The van der Waals surface area contributed by atoms with Gasteiger partial charge in [-0.1, -0.05) is 17.7 Å². The third-order valence-electron chi connectivity index (χ3n) is 2.11. The molecule has 3 nitrogen and oxygen atoms in total. The molecule has 0 radical (unpaired) electrons. The number of amides is 1. The average Bonchev–Trinajstić information content (AvgIpc) is 2.22. The summed E-state index contributed by atoms with van der Waals surface area (Å²) in [5.74, 6) is -0.289. The summed E-state index contributed by atoms with van der Waals surface area (Å²) < 4.78 is 0. The summed E-state index contributed by atoms with van der Waals surface area (Å²) in [6, 6.07) is 4.85. The van der Waals surface area contributed by atoms with Gasteiger partial charge >= 0.3 is 0 Å². The van der Waals surface area contributed by atoms with E-state index in [1.54, 1.807) is 18.2 Å². The molecule has 1 heterocycles. The summed E-state index contributed by atoms with van der Waals surface area (Å²) >= 11 is 5.72. The Hall–Kier alpha value is -1.06. The minimum Gasteiger partial charge on any atom is -0.367 e. The Balaban J connectivity index is 2.66. The molecule has 0 fully saturated rings. The molecule has 2 rings (SSSR count).